The zero-order chi connectivity index (χ0) is 21.5. The van der Waals surface area contributed by atoms with E-state index in [1.54, 1.807) is 54.2 Å². The molecule has 0 aliphatic carbocycles. The zero-order valence-electron chi connectivity index (χ0n) is 17.5. The molecule has 1 aliphatic rings. The molecular formula is C20H27N7O3. The monoisotopic (exact) mass is 413 g/mol. The molecule has 160 valence electrons. The summed E-state index contributed by atoms with van der Waals surface area (Å²) in [5, 5.41) is 10.2. The van der Waals surface area contributed by atoms with Crippen LogP contribution in [0.5, 0.6) is 5.75 Å². The van der Waals surface area contributed by atoms with E-state index in [2.05, 4.69) is 20.7 Å². The number of nitrogens with zero attached hydrogens (tertiary/aromatic N) is 5. The SMILES string of the molecule is CN=C(NCCNC(=O)c1ccc(OC)cc1)N1CCN(c2cnn(C)c2)C(=O)C1. The average Bonchev–Trinajstić information content (AvgIpc) is 3.19. The summed E-state index contributed by atoms with van der Waals surface area (Å²) in [6.07, 6.45) is 3.51. The lowest BCUT2D eigenvalue weighted by Crippen LogP contribution is -2.55. The summed E-state index contributed by atoms with van der Waals surface area (Å²) < 4.78 is 6.77. The molecule has 1 fully saturated rings. The van der Waals surface area contributed by atoms with Crippen LogP contribution in [0.15, 0.2) is 41.7 Å². The molecule has 2 amide bonds. The van der Waals surface area contributed by atoms with Crippen molar-refractivity contribution in [2.24, 2.45) is 12.0 Å². The van der Waals surface area contributed by atoms with Gasteiger partial charge in [0.25, 0.3) is 5.91 Å². The molecule has 0 bridgehead atoms. The van der Waals surface area contributed by atoms with Gasteiger partial charge < -0.3 is 25.2 Å². The topological polar surface area (TPSA) is 104 Å². The van der Waals surface area contributed by atoms with Gasteiger partial charge in [-0.2, -0.15) is 5.10 Å². The Morgan fingerprint density at radius 2 is 1.93 bits per heavy atom. The Hall–Kier alpha value is -3.56. The van der Waals surface area contributed by atoms with Crippen molar-refractivity contribution >= 4 is 23.5 Å². The molecule has 0 atom stereocenters. The van der Waals surface area contributed by atoms with Gasteiger partial charge in [-0.25, -0.2) is 0 Å². The van der Waals surface area contributed by atoms with Crippen LogP contribution in [0.3, 0.4) is 0 Å². The van der Waals surface area contributed by atoms with Gasteiger partial charge in [0, 0.05) is 52.0 Å². The minimum Gasteiger partial charge on any atom is -0.497 e. The lowest BCUT2D eigenvalue weighted by atomic mass is 10.2. The Bertz CT molecular complexity index is 907. The van der Waals surface area contributed by atoms with Crippen LogP contribution in [0.4, 0.5) is 5.69 Å². The maximum Gasteiger partial charge on any atom is 0.251 e. The van der Waals surface area contributed by atoms with Crippen LogP contribution in [-0.4, -0.2) is 79.3 Å². The van der Waals surface area contributed by atoms with Crippen LogP contribution in [0.1, 0.15) is 10.4 Å². The van der Waals surface area contributed by atoms with Gasteiger partial charge in [-0.1, -0.05) is 0 Å². The number of rotatable bonds is 6. The molecule has 1 saturated heterocycles. The largest absolute Gasteiger partial charge is 0.497 e. The third-order valence-corrected chi connectivity index (χ3v) is 4.78. The van der Waals surface area contributed by atoms with E-state index in [0.717, 1.165) is 5.69 Å². The van der Waals surface area contributed by atoms with Gasteiger partial charge in [-0.15, -0.1) is 0 Å². The molecule has 10 heteroatoms. The number of methoxy groups -OCH3 is 1. The molecule has 0 spiro atoms. The number of benzene rings is 1. The smallest absolute Gasteiger partial charge is 0.251 e. The number of carbonyl (C=O) groups excluding carboxylic acids is 2. The van der Waals surface area contributed by atoms with E-state index >= 15 is 0 Å². The molecule has 30 heavy (non-hydrogen) atoms. The average molecular weight is 413 g/mol. The Balaban J connectivity index is 1.44. The Kier molecular flexibility index (Phi) is 6.89. The number of aliphatic imine (C=N–C) groups is 1. The molecule has 2 heterocycles. The van der Waals surface area contributed by atoms with Gasteiger partial charge in [0.1, 0.15) is 12.3 Å². The normalized spacial score (nSPS) is 14.6. The number of hydrogen-bond donors (Lipinski definition) is 2. The molecule has 2 N–H and O–H groups in total. The molecule has 0 saturated carbocycles. The maximum atomic E-state index is 12.6. The highest BCUT2D eigenvalue weighted by molar-refractivity contribution is 5.98. The van der Waals surface area contributed by atoms with Gasteiger partial charge >= 0.3 is 0 Å². The van der Waals surface area contributed by atoms with E-state index in [0.29, 0.717) is 43.5 Å². The van der Waals surface area contributed by atoms with Crippen LogP contribution < -0.4 is 20.3 Å². The van der Waals surface area contributed by atoms with Gasteiger partial charge in [0.2, 0.25) is 5.91 Å². The summed E-state index contributed by atoms with van der Waals surface area (Å²) >= 11 is 0. The van der Waals surface area contributed by atoms with Crippen LogP contribution >= 0.6 is 0 Å². The summed E-state index contributed by atoms with van der Waals surface area (Å²) in [6, 6.07) is 6.93. The van der Waals surface area contributed by atoms with Gasteiger partial charge in [-0.3, -0.25) is 19.3 Å². The molecule has 1 aromatic carbocycles. The number of hydrogen-bond acceptors (Lipinski definition) is 5. The van der Waals surface area contributed by atoms with E-state index in [-0.39, 0.29) is 18.4 Å². The summed E-state index contributed by atoms with van der Waals surface area (Å²) in [7, 11) is 5.08. The van der Waals surface area contributed by atoms with Gasteiger partial charge in [-0.05, 0) is 24.3 Å². The molecular weight excluding hydrogens is 386 g/mol. The molecule has 1 aromatic heterocycles. The standard InChI is InChI=1S/C20H27N7O3/c1-21-20(23-9-8-22-19(29)15-4-6-17(30-3)7-5-15)26-10-11-27(18(28)14-26)16-12-24-25(2)13-16/h4-7,12-13H,8-11,14H2,1-3H3,(H,21,23)(H,22,29). The quantitative estimate of drug-likeness (QED) is 0.395. The Morgan fingerprint density at radius 1 is 1.20 bits per heavy atom. The first kappa shape index (κ1) is 21.2. The predicted molar refractivity (Wildman–Crippen MR) is 114 cm³/mol. The van der Waals surface area contributed by atoms with Crippen molar-refractivity contribution in [1.82, 2.24) is 25.3 Å². The highest BCUT2D eigenvalue weighted by Crippen LogP contribution is 2.16. The second-order valence-corrected chi connectivity index (χ2v) is 6.80. The molecule has 2 aromatic rings. The molecule has 3 rings (SSSR count). The molecule has 10 nitrogen and oxygen atoms in total. The van der Waals surface area contributed by atoms with Crippen molar-refractivity contribution in [2.45, 2.75) is 0 Å². The van der Waals surface area contributed by atoms with Gasteiger partial charge in [0.15, 0.2) is 5.96 Å². The lowest BCUT2D eigenvalue weighted by Gasteiger charge is -2.35. The van der Waals surface area contributed by atoms with Crippen molar-refractivity contribution in [3.63, 3.8) is 0 Å². The van der Waals surface area contributed by atoms with Crippen molar-refractivity contribution < 1.29 is 14.3 Å². The highest BCUT2D eigenvalue weighted by Gasteiger charge is 2.27. The third kappa shape index (κ3) is 5.07. The number of aromatic nitrogens is 2. The van der Waals surface area contributed by atoms with Crippen molar-refractivity contribution in [2.75, 3.05) is 51.8 Å². The first-order valence-corrected chi connectivity index (χ1v) is 9.68. The van der Waals surface area contributed by atoms with E-state index in [1.165, 1.54) is 0 Å². The fraction of sp³-hybridized carbons (Fsp3) is 0.400. The number of amides is 2. The predicted octanol–water partition coefficient (Wildman–Crippen LogP) is 0.0827. The van der Waals surface area contributed by atoms with Crippen LogP contribution in [0.25, 0.3) is 0 Å². The molecule has 1 aliphatic heterocycles. The number of anilines is 1. The number of ether oxygens (including phenoxy) is 1. The minimum atomic E-state index is -0.158. The second-order valence-electron chi connectivity index (χ2n) is 6.80. The van der Waals surface area contributed by atoms with E-state index in [4.69, 9.17) is 4.74 Å². The fourth-order valence-electron chi connectivity index (χ4n) is 3.20. The number of piperazine rings is 1. The summed E-state index contributed by atoms with van der Waals surface area (Å²) in [4.78, 5) is 32.6. The summed E-state index contributed by atoms with van der Waals surface area (Å²) in [5.41, 5.74) is 1.36. The summed E-state index contributed by atoms with van der Waals surface area (Å²) in [5.74, 6) is 1.17. The molecule has 0 unspecified atom stereocenters. The van der Waals surface area contributed by atoms with Gasteiger partial charge in [0.05, 0.1) is 19.0 Å². The number of nitrogens with one attached hydrogen (secondary N) is 2. The zero-order valence-corrected chi connectivity index (χ0v) is 17.5. The van der Waals surface area contributed by atoms with Crippen LogP contribution in [0, 0.1) is 0 Å². The van der Waals surface area contributed by atoms with Crippen molar-refractivity contribution in [3.8, 4) is 5.75 Å². The van der Waals surface area contributed by atoms with E-state index in [9.17, 15) is 9.59 Å². The number of aryl methyl sites for hydroxylation is 1. The van der Waals surface area contributed by atoms with Crippen molar-refractivity contribution in [3.05, 3.63) is 42.2 Å². The Morgan fingerprint density at radius 3 is 2.53 bits per heavy atom. The number of guanidine groups is 1. The summed E-state index contributed by atoms with van der Waals surface area (Å²) in [6.45, 7) is 2.35. The first-order valence-electron chi connectivity index (χ1n) is 9.68. The highest BCUT2D eigenvalue weighted by atomic mass is 16.5. The molecule has 0 radical (unpaired) electrons. The first-order chi connectivity index (χ1) is 14.5. The maximum absolute atomic E-state index is 12.6. The number of carbonyl (C=O) groups is 2. The fourth-order valence-corrected chi connectivity index (χ4v) is 3.20. The van der Waals surface area contributed by atoms with Crippen molar-refractivity contribution in [1.29, 1.82) is 0 Å². The Labute approximate surface area is 175 Å². The minimum absolute atomic E-state index is 0.00925. The van der Waals surface area contributed by atoms with E-state index in [1.807, 2.05) is 18.1 Å². The van der Waals surface area contributed by atoms with Crippen LogP contribution in [0.2, 0.25) is 0 Å². The van der Waals surface area contributed by atoms with Crippen LogP contribution in [-0.2, 0) is 11.8 Å². The second kappa shape index (κ2) is 9.77. The third-order valence-electron chi connectivity index (χ3n) is 4.78. The lowest BCUT2D eigenvalue weighted by molar-refractivity contribution is -0.120. The van der Waals surface area contributed by atoms with E-state index < -0.39 is 0 Å².